The molecule has 1 atom stereocenters. The van der Waals surface area contributed by atoms with Gasteiger partial charge in [0.1, 0.15) is 0 Å². The minimum absolute atomic E-state index is 0.0875. The van der Waals surface area contributed by atoms with Gasteiger partial charge in [-0.15, -0.1) is 0 Å². The first kappa shape index (κ1) is 37.3. The van der Waals surface area contributed by atoms with Crippen molar-refractivity contribution in [2.75, 3.05) is 13.2 Å². The van der Waals surface area contributed by atoms with Gasteiger partial charge in [0, 0.05) is 24.3 Å². The molecule has 0 bridgehead atoms. The van der Waals surface area contributed by atoms with E-state index in [1.54, 1.807) is 6.92 Å². The Kier molecular flexibility index (Phi) is 25.2. The summed E-state index contributed by atoms with van der Waals surface area (Å²) in [5.74, 6) is -1.88. The Hall–Kier alpha value is -2.89. The van der Waals surface area contributed by atoms with Crippen molar-refractivity contribution in [3.8, 4) is 0 Å². The van der Waals surface area contributed by atoms with Gasteiger partial charge in [0.05, 0.1) is 13.0 Å². The second-order valence-corrected chi connectivity index (χ2v) is 9.41. The Morgan fingerprint density at radius 1 is 0.816 bits per heavy atom. The van der Waals surface area contributed by atoms with Crippen LogP contribution in [-0.4, -0.2) is 36.1 Å². The fourth-order valence-electron chi connectivity index (χ4n) is 3.00. The largest absolute Gasteiger partial charge is 0.481 e. The lowest BCUT2D eigenvalue weighted by molar-refractivity contribution is -0.150. The molecule has 0 saturated heterocycles. The first-order chi connectivity index (χ1) is 18.2. The number of carboxylic acids is 1. The first-order valence-corrected chi connectivity index (χ1v) is 14.1. The van der Waals surface area contributed by atoms with Crippen LogP contribution >= 0.6 is 0 Å². The number of nitrogens with one attached hydrogen (secondary N) is 1. The van der Waals surface area contributed by atoms with Gasteiger partial charge < -0.3 is 15.2 Å². The number of carbonyl (C=O) groups is 3. The van der Waals surface area contributed by atoms with Crippen LogP contribution in [0.5, 0.6) is 0 Å². The second-order valence-electron chi connectivity index (χ2n) is 9.41. The predicted molar refractivity (Wildman–Crippen MR) is 159 cm³/mol. The van der Waals surface area contributed by atoms with Gasteiger partial charge >= 0.3 is 11.9 Å². The van der Waals surface area contributed by atoms with Gasteiger partial charge in [0.25, 0.3) is 0 Å². The van der Waals surface area contributed by atoms with Crippen LogP contribution in [0.3, 0.4) is 0 Å². The Labute approximate surface area is 232 Å². The lowest BCUT2D eigenvalue weighted by Gasteiger charge is -2.30. The minimum Gasteiger partial charge on any atom is -0.481 e. The first-order valence-electron chi connectivity index (χ1n) is 14.1. The van der Waals surface area contributed by atoms with E-state index in [9.17, 15) is 14.4 Å². The Morgan fingerprint density at radius 3 is 1.76 bits per heavy atom. The summed E-state index contributed by atoms with van der Waals surface area (Å²) < 4.78 is 5.39. The molecule has 6 nitrogen and oxygen atoms in total. The molecule has 0 unspecified atom stereocenters. The molecule has 0 aliphatic carbocycles. The molecule has 216 valence electrons. The number of unbranched alkanes of at least 4 members (excludes halogenated alkanes) is 1. The molecular formula is C32H53NO5. The third-order valence-electron chi connectivity index (χ3n) is 5.72. The zero-order valence-electron chi connectivity index (χ0n) is 24.7. The standard InChI is InChI=1S/C30H47NO5.C2H6/c1-5-6-7-8-9-10-11-12-13-14-15-16-17-18-19-20-21-22-28(34)36-25-30(3,4)26(2)29(35)31-24-23-27(32)33;1-2/h6-7,9-10,12-13,15-16,18-19,26H,5,8,11,14,17,20-25H2,1-4H3,(H,31,35)(H,32,33);1-2H3/b7-6-,10-9-,13-12-,16-15-,19-18-;/t26-;/m0./s1. The summed E-state index contributed by atoms with van der Waals surface area (Å²) in [6.07, 6.45) is 28.2. The number of hydrogen-bond donors (Lipinski definition) is 2. The maximum absolute atomic E-state index is 12.2. The summed E-state index contributed by atoms with van der Waals surface area (Å²) in [6, 6.07) is 0. The Morgan fingerprint density at radius 2 is 1.29 bits per heavy atom. The van der Waals surface area contributed by atoms with Gasteiger partial charge in [-0.25, -0.2) is 0 Å². The zero-order valence-corrected chi connectivity index (χ0v) is 24.7. The van der Waals surface area contributed by atoms with E-state index in [1.807, 2.05) is 27.7 Å². The molecule has 0 aliphatic rings. The van der Waals surface area contributed by atoms with E-state index in [-0.39, 0.29) is 31.4 Å². The van der Waals surface area contributed by atoms with Crippen molar-refractivity contribution in [2.24, 2.45) is 11.3 Å². The summed E-state index contributed by atoms with van der Waals surface area (Å²) in [5, 5.41) is 11.3. The molecule has 2 N–H and O–H groups in total. The van der Waals surface area contributed by atoms with Crippen LogP contribution in [0, 0.1) is 11.3 Å². The van der Waals surface area contributed by atoms with E-state index in [0.29, 0.717) is 6.42 Å². The molecule has 38 heavy (non-hydrogen) atoms. The van der Waals surface area contributed by atoms with Crippen molar-refractivity contribution in [1.82, 2.24) is 5.32 Å². The van der Waals surface area contributed by atoms with Gasteiger partial charge in [-0.2, -0.15) is 0 Å². The molecule has 0 aromatic carbocycles. The van der Waals surface area contributed by atoms with E-state index in [1.165, 1.54) is 0 Å². The highest BCUT2D eigenvalue weighted by Crippen LogP contribution is 2.27. The summed E-state index contributed by atoms with van der Waals surface area (Å²) in [6.45, 7) is 11.8. The minimum atomic E-state index is -0.958. The lowest BCUT2D eigenvalue weighted by Crippen LogP contribution is -2.40. The van der Waals surface area contributed by atoms with Crippen molar-refractivity contribution in [2.45, 2.75) is 99.3 Å². The predicted octanol–water partition coefficient (Wildman–Crippen LogP) is 7.73. The summed E-state index contributed by atoms with van der Waals surface area (Å²) >= 11 is 0. The van der Waals surface area contributed by atoms with E-state index >= 15 is 0 Å². The zero-order chi connectivity index (χ0) is 29.1. The quantitative estimate of drug-likeness (QED) is 0.0952. The highest BCUT2D eigenvalue weighted by atomic mass is 16.5. The third kappa shape index (κ3) is 23.5. The lowest BCUT2D eigenvalue weighted by atomic mass is 9.80. The van der Waals surface area contributed by atoms with Gasteiger partial charge in [0.2, 0.25) is 5.91 Å². The molecule has 6 heteroatoms. The topological polar surface area (TPSA) is 92.7 Å². The third-order valence-corrected chi connectivity index (χ3v) is 5.72. The molecule has 0 radical (unpaired) electrons. The molecular weight excluding hydrogens is 478 g/mol. The van der Waals surface area contributed by atoms with Gasteiger partial charge in [0.15, 0.2) is 0 Å². The van der Waals surface area contributed by atoms with Gasteiger partial charge in [-0.3, -0.25) is 14.4 Å². The highest BCUT2D eigenvalue weighted by molar-refractivity contribution is 5.79. The number of amides is 1. The smallest absolute Gasteiger partial charge is 0.305 e. The number of ether oxygens (including phenoxy) is 1. The molecule has 1 amide bonds. The van der Waals surface area contributed by atoms with Gasteiger partial charge in [-0.1, -0.05) is 102 Å². The average Bonchev–Trinajstić information content (AvgIpc) is 2.89. The molecule has 0 heterocycles. The van der Waals surface area contributed by atoms with Crippen LogP contribution in [0.2, 0.25) is 0 Å². The molecule has 0 saturated carbocycles. The molecule has 0 aromatic heterocycles. The van der Waals surface area contributed by atoms with Crippen LogP contribution < -0.4 is 5.32 Å². The molecule has 0 aliphatic heterocycles. The molecule has 0 rings (SSSR count). The van der Waals surface area contributed by atoms with Crippen LogP contribution in [0.1, 0.15) is 99.3 Å². The number of hydrogen-bond acceptors (Lipinski definition) is 4. The van der Waals surface area contributed by atoms with Crippen LogP contribution in [0.25, 0.3) is 0 Å². The number of esters is 1. The Balaban J connectivity index is 0. The average molecular weight is 532 g/mol. The van der Waals surface area contributed by atoms with Crippen molar-refractivity contribution in [3.05, 3.63) is 60.8 Å². The molecule has 0 aromatic rings. The normalized spacial score (nSPS) is 12.9. The van der Waals surface area contributed by atoms with Gasteiger partial charge in [-0.05, 0) is 44.9 Å². The molecule has 0 fully saturated rings. The second kappa shape index (κ2) is 25.7. The van der Waals surface area contributed by atoms with E-state index in [2.05, 4.69) is 73.0 Å². The van der Waals surface area contributed by atoms with Crippen molar-refractivity contribution in [1.29, 1.82) is 0 Å². The van der Waals surface area contributed by atoms with Crippen LogP contribution in [-0.2, 0) is 19.1 Å². The summed E-state index contributed by atoms with van der Waals surface area (Å²) in [4.78, 5) is 34.8. The summed E-state index contributed by atoms with van der Waals surface area (Å²) in [5.41, 5.74) is -0.549. The van der Waals surface area contributed by atoms with Crippen molar-refractivity contribution in [3.63, 3.8) is 0 Å². The Bertz CT molecular complexity index is 775. The number of carbonyl (C=O) groups excluding carboxylic acids is 2. The maximum Gasteiger partial charge on any atom is 0.305 e. The number of carboxylic acid groups (broad SMARTS) is 1. The fraction of sp³-hybridized carbons (Fsp3) is 0.594. The van der Waals surface area contributed by atoms with Crippen LogP contribution in [0.4, 0.5) is 0 Å². The monoisotopic (exact) mass is 531 g/mol. The van der Waals surface area contributed by atoms with Crippen LogP contribution in [0.15, 0.2) is 60.8 Å². The van der Waals surface area contributed by atoms with E-state index in [4.69, 9.17) is 9.84 Å². The SMILES string of the molecule is CC.CC/C=C\C/C=C\C/C=C\C/C=C\C/C=C\CCCC(=O)OCC(C)(C)[C@@H](C)C(=O)NCCC(=O)O. The maximum atomic E-state index is 12.2. The van der Waals surface area contributed by atoms with E-state index < -0.39 is 17.3 Å². The summed E-state index contributed by atoms with van der Waals surface area (Å²) in [7, 11) is 0. The molecule has 0 spiro atoms. The number of allylic oxidation sites excluding steroid dienone is 10. The van der Waals surface area contributed by atoms with E-state index in [0.717, 1.165) is 44.9 Å². The highest BCUT2D eigenvalue weighted by Gasteiger charge is 2.32. The van der Waals surface area contributed by atoms with Crippen molar-refractivity contribution < 1.29 is 24.2 Å². The fourth-order valence-corrected chi connectivity index (χ4v) is 3.00. The van der Waals surface area contributed by atoms with Crippen molar-refractivity contribution >= 4 is 17.8 Å². The number of aliphatic carboxylic acids is 1. The number of rotatable bonds is 20.